The van der Waals surface area contributed by atoms with Gasteiger partial charge in [0.05, 0.1) is 6.54 Å². The van der Waals surface area contributed by atoms with Crippen LogP contribution in [0.3, 0.4) is 0 Å². The average Bonchev–Trinajstić information content (AvgIpc) is 1.21. The Morgan fingerprint density at radius 1 is 1.62 bits per heavy atom. The second kappa shape index (κ2) is 2.42. The van der Waals surface area contributed by atoms with Gasteiger partial charge in [-0.05, 0) is 13.8 Å². The summed E-state index contributed by atoms with van der Waals surface area (Å²) in [6, 6.07) is 0. The van der Waals surface area contributed by atoms with Crippen molar-refractivity contribution in [1.82, 2.24) is 5.06 Å². The first-order chi connectivity index (χ1) is 3.42. The zero-order valence-electron chi connectivity index (χ0n) is 5.48. The number of alkyl halides is 1. The zero-order valence-corrected chi connectivity index (χ0v) is 5.48. The van der Waals surface area contributed by atoms with Gasteiger partial charge in [0.2, 0.25) is 0 Å². The zero-order chi connectivity index (χ0) is 6.78. The van der Waals surface area contributed by atoms with E-state index in [1.165, 1.54) is 20.9 Å². The van der Waals surface area contributed by atoms with E-state index in [-0.39, 0.29) is 6.54 Å². The summed E-state index contributed by atoms with van der Waals surface area (Å²) < 4.78 is 12.4. The first-order valence-electron chi connectivity index (χ1n) is 2.51. The van der Waals surface area contributed by atoms with Gasteiger partial charge in [-0.15, -0.1) is 0 Å². The van der Waals surface area contributed by atoms with Gasteiger partial charge in [0.15, 0.2) is 0 Å². The maximum Gasteiger partial charge on any atom is 0.120 e. The largest absolute Gasteiger partial charge is 0.314 e. The van der Waals surface area contributed by atoms with Crippen LogP contribution in [-0.4, -0.2) is 29.5 Å². The van der Waals surface area contributed by atoms with Crippen LogP contribution in [0.2, 0.25) is 0 Å². The van der Waals surface area contributed by atoms with E-state index in [1.807, 2.05) is 0 Å². The summed E-state index contributed by atoms with van der Waals surface area (Å²) in [5.41, 5.74) is -1.30. The first kappa shape index (κ1) is 7.85. The molecule has 0 aliphatic rings. The molecule has 3 heteroatoms. The van der Waals surface area contributed by atoms with Crippen molar-refractivity contribution in [2.75, 3.05) is 13.6 Å². The van der Waals surface area contributed by atoms with Crippen LogP contribution >= 0.6 is 0 Å². The lowest BCUT2D eigenvalue weighted by Gasteiger charge is -2.17. The lowest BCUT2D eigenvalue weighted by Crippen LogP contribution is -2.30. The molecule has 0 aromatic rings. The van der Waals surface area contributed by atoms with Crippen molar-refractivity contribution in [2.45, 2.75) is 19.5 Å². The molecule has 0 aromatic heterocycles. The molecule has 1 N–H and O–H groups in total. The topological polar surface area (TPSA) is 23.5 Å². The van der Waals surface area contributed by atoms with E-state index in [2.05, 4.69) is 0 Å². The summed E-state index contributed by atoms with van der Waals surface area (Å²) >= 11 is 0. The van der Waals surface area contributed by atoms with Crippen LogP contribution in [0, 0.1) is 0 Å². The molecule has 0 saturated carbocycles. The molecule has 0 aromatic carbocycles. The molecule has 0 amide bonds. The predicted molar refractivity (Wildman–Crippen MR) is 29.6 cm³/mol. The highest BCUT2D eigenvalue weighted by molar-refractivity contribution is 4.66. The second-order valence-corrected chi connectivity index (χ2v) is 2.53. The summed E-state index contributed by atoms with van der Waals surface area (Å²) in [5.74, 6) is 0. The number of rotatable bonds is 2. The van der Waals surface area contributed by atoms with Crippen molar-refractivity contribution in [3.63, 3.8) is 0 Å². The third-order valence-corrected chi connectivity index (χ3v) is 0.605. The highest BCUT2D eigenvalue weighted by atomic mass is 19.1. The van der Waals surface area contributed by atoms with E-state index in [1.54, 1.807) is 0 Å². The summed E-state index contributed by atoms with van der Waals surface area (Å²) in [6.45, 7) is 2.88. The summed E-state index contributed by atoms with van der Waals surface area (Å²) in [6.07, 6.45) is 0. The van der Waals surface area contributed by atoms with Gasteiger partial charge < -0.3 is 5.21 Å². The lowest BCUT2D eigenvalue weighted by molar-refractivity contribution is -0.0931. The van der Waals surface area contributed by atoms with Gasteiger partial charge in [0.25, 0.3) is 0 Å². The van der Waals surface area contributed by atoms with Crippen molar-refractivity contribution < 1.29 is 9.60 Å². The molecule has 0 fully saturated rings. The Bertz CT molecular complexity index is 67.3. The van der Waals surface area contributed by atoms with Crippen LogP contribution in [0.15, 0.2) is 0 Å². The first-order valence-corrected chi connectivity index (χ1v) is 2.51. The van der Waals surface area contributed by atoms with Crippen molar-refractivity contribution in [2.24, 2.45) is 0 Å². The molecule has 0 bridgehead atoms. The molecule has 0 atom stereocenters. The molecule has 0 spiro atoms. The van der Waals surface area contributed by atoms with E-state index in [0.29, 0.717) is 0 Å². The number of nitrogens with zero attached hydrogens (tertiary/aromatic N) is 1. The number of hydrogen-bond acceptors (Lipinski definition) is 2. The van der Waals surface area contributed by atoms with Gasteiger partial charge in [0.1, 0.15) is 5.67 Å². The standard InChI is InChI=1S/C5H12FNO/c1-5(2,6)4-7(3)8/h8H,4H2,1-3H3. The molecular weight excluding hydrogens is 109 g/mol. The Morgan fingerprint density at radius 3 is 2.00 bits per heavy atom. The normalized spacial score (nSPS) is 12.8. The van der Waals surface area contributed by atoms with E-state index < -0.39 is 5.67 Å². The maximum absolute atomic E-state index is 12.4. The van der Waals surface area contributed by atoms with Crippen molar-refractivity contribution in [3.8, 4) is 0 Å². The molecule has 0 aliphatic carbocycles. The third-order valence-electron chi connectivity index (χ3n) is 0.605. The Labute approximate surface area is 48.9 Å². The average molecular weight is 121 g/mol. The van der Waals surface area contributed by atoms with E-state index in [0.717, 1.165) is 5.06 Å². The molecule has 0 rings (SSSR count). The van der Waals surface area contributed by atoms with Crippen molar-refractivity contribution in [1.29, 1.82) is 0 Å². The Kier molecular flexibility index (Phi) is 2.37. The van der Waals surface area contributed by atoms with Crippen LogP contribution in [0.5, 0.6) is 0 Å². The van der Waals surface area contributed by atoms with Crippen LogP contribution in [0.1, 0.15) is 13.8 Å². The Balaban J connectivity index is 3.39. The number of hydrogen-bond donors (Lipinski definition) is 1. The lowest BCUT2D eigenvalue weighted by atomic mass is 10.2. The van der Waals surface area contributed by atoms with Crippen LogP contribution in [0.4, 0.5) is 4.39 Å². The molecule has 0 aliphatic heterocycles. The van der Waals surface area contributed by atoms with E-state index in [4.69, 9.17) is 5.21 Å². The van der Waals surface area contributed by atoms with Gasteiger partial charge in [-0.3, -0.25) is 0 Å². The fraction of sp³-hybridized carbons (Fsp3) is 1.00. The highest BCUT2D eigenvalue weighted by Crippen LogP contribution is 2.07. The van der Waals surface area contributed by atoms with E-state index in [9.17, 15) is 4.39 Å². The van der Waals surface area contributed by atoms with Gasteiger partial charge in [-0.2, -0.15) is 5.06 Å². The highest BCUT2D eigenvalue weighted by Gasteiger charge is 2.16. The number of hydroxylamine groups is 2. The fourth-order valence-electron chi connectivity index (χ4n) is 0.544. The molecule has 0 saturated heterocycles. The Morgan fingerprint density at radius 2 is 2.00 bits per heavy atom. The van der Waals surface area contributed by atoms with Crippen molar-refractivity contribution >= 4 is 0 Å². The van der Waals surface area contributed by atoms with Gasteiger partial charge in [-0.1, -0.05) is 0 Å². The van der Waals surface area contributed by atoms with Crippen LogP contribution in [-0.2, 0) is 0 Å². The minimum absolute atomic E-state index is 0.0486. The molecule has 0 unspecified atom stereocenters. The smallest absolute Gasteiger partial charge is 0.120 e. The minimum atomic E-state index is -1.30. The predicted octanol–water partition coefficient (Wildman–Crippen LogP) is 1.06. The third kappa shape index (κ3) is 5.85. The molecule has 8 heavy (non-hydrogen) atoms. The summed E-state index contributed by atoms with van der Waals surface area (Å²) in [5, 5.41) is 9.31. The van der Waals surface area contributed by atoms with Gasteiger partial charge in [0, 0.05) is 7.05 Å². The van der Waals surface area contributed by atoms with Crippen molar-refractivity contribution in [3.05, 3.63) is 0 Å². The summed E-state index contributed by atoms with van der Waals surface area (Å²) in [7, 11) is 1.42. The Hall–Kier alpha value is -0.150. The van der Waals surface area contributed by atoms with Gasteiger partial charge in [-0.25, -0.2) is 4.39 Å². The second-order valence-electron chi connectivity index (χ2n) is 2.53. The fourth-order valence-corrected chi connectivity index (χ4v) is 0.544. The van der Waals surface area contributed by atoms with E-state index >= 15 is 0 Å². The summed E-state index contributed by atoms with van der Waals surface area (Å²) in [4.78, 5) is 0. The SMILES string of the molecule is CN(O)CC(C)(C)F. The maximum atomic E-state index is 12.4. The van der Waals surface area contributed by atoms with Gasteiger partial charge >= 0.3 is 0 Å². The molecule has 0 heterocycles. The molecule has 2 nitrogen and oxygen atoms in total. The monoisotopic (exact) mass is 121 g/mol. The number of halogens is 1. The molecule has 50 valence electrons. The quantitative estimate of drug-likeness (QED) is 0.552. The molecular formula is C5H12FNO. The van der Waals surface area contributed by atoms with Crippen LogP contribution in [0.25, 0.3) is 0 Å². The molecule has 0 radical (unpaired) electrons. The minimum Gasteiger partial charge on any atom is -0.314 e. The van der Waals surface area contributed by atoms with Crippen LogP contribution < -0.4 is 0 Å².